The molecule has 1 fully saturated rings. The highest BCUT2D eigenvalue weighted by Gasteiger charge is 2.33. The number of nitrogens with one attached hydrogen (secondary N) is 1. The number of carbonyl (C=O) groups is 2. The number of rotatable bonds is 4. The molecule has 0 spiro atoms. The van der Waals surface area contributed by atoms with Crippen LogP contribution in [0.4, 0.5) is 5.69 Å². The Hall–Kier alpha value is -2.74. The van der Waals surface area contributed by atoms with Gasteiger partial charge in [-0.3, -0.25) is 14.6 Å². The van der Waals surface area contributed by atoms with Crippen molar-refractivity contribution in [2.24, 2.45) is 0 Å². The Morgan fingerprint density at radius 3 is 2.67 bits per heavy atom. The van der Waals surface area contributed by atoms with E-state index < -0.39 is 15.7 Å². The number of amides is 2. The van der Waals surface area contributed by atoms with Gasteiger partial charge in [-0.25, -0.2) is 8.42 Å². The Kier molecular flexibility index (Phi) is 5.27. The molecule has 0 aliphatic carbocycles. The van der Waals surface area contributed by atoms with Gasteiger partial charge in [0.2, 0.25) is 0 Å². The Balaban J connectivity index is 1.74. The first-order valence-electron chi connectivity index (χ1n) is 8.57. The number of sulfone groups is 1. The van der Waals surface area contributed by atoms with E-state index in [1.54, 1.807) is 13.1 Å². The molecule has 2 aromatic rings. The standard InChI is InChI=1S/C19H21N3O4S/c1-13-4-3-5-15(10-13)21-18(23)14-6-8-20-17(11-14)19(24)22(2)16-7-9-27(25,26)12-16/h3-6,8,10-11,16H,7,9,12H2,1-2H3,(H,21,23). The highest BCUT2D eigenvalue weighted by molar-refractivity contribution is 7.91. The van der Waals surface area contributed by atoms with Crippen LogP contribution in [0.1, 0.15) is 32.8 Å². The molecule has 1 aliphatic heterocycles. The lowest BCUT2D eigenvalue weighted by Crippen LogP contribution is -2.38. The van der Waals surface area contributed by atoms with Crippen LogP contribution < -0.4 is 5.32 Å². The Morgan fingerprint density at radius 1 is 1.22 bits per heavy atom. The maximum atomic E-state index is 12.7. The van der Waals surface area contributed by atoms with Gasteiger partial charge in [0, 0.05) is 30.5 Å². The zero-order valence-corrected chi connectivity index (χ0v) is 16.0. The monoisotopic (exact) mass is 387 g/mol. The normalized spacial score (nSPS) is 18.1. The van der Waals surface area contributed by atoms with Gasteiger partial charge >= 0.3 is 0 Å². The Bertz CT molecular complexity index is 988. The fourth-order valence-corrected chi connectivity index (χ4v) is 4.82. The number of hydrogen-bond donors (Lipinski definition) is 1. The van der Waals surface area contributed by atoms with E-state index in [1.807, 2.05) is 25.1 Å². The molecule has 27 heavy (non-hydrogen) atoms. The molecule has 7 nitrogen and oxygen atoms in total. The molecule has 0 bridgehead atoms. The van der Waals surface area contributed by atoms with Crippen LogP contribution in [0.3, 0.4) is 0 Å². The molecule has 0 radical (unpaired) electrons. The topological polar surface area (TPSA) is 96.4 Å². The van der Waals surface area contributed by atoms with E-state index in [0.717, 1.165) is 5.56 Å². The third-order valence-corrected chi connectivity index (χ3v) is 6.34. The summed E-state index contributed by atoms with van der Waals surface area (Å²) < 4.78 is 23.3. The summed E-state index contributed by atoms with van der Waals surface area (Å²) in [6, 6.07) is 9.99. The van der Waals surface area contributed by atoms with Gasteiger partial charge in [0.05, 0.1) is 11.5 Å². The predicted octanol–water partition coefficient (Wildman–Crippen LogP) is 1.90. The predicted molar refractivity (Wildman–Crippen MR) is 103 cm³/mol. The molecule has 3 rings (SSSR count). The lowest BCUT2D eigenvalue weighted by Gasteiger charge is -2.23. The van der Waals surface area contributed by atoms with Gasteiger partial charge in [-0.1, -0.05) is 12.1 Å². The number of hydrogen-bond acceptors (Lipinski definition) is 5. The highest BCUT2D eigenvalue weighted by Crippen LogP contribution is 2.19. The first kappa shape index (κ1) is 19.0. The third-order valence-electron chi connectivity index (χ3n) is 4.59. The van der Waals surface area contributed by atoms with E-state index in [9.17, 15) is 18.0 Å². The lowest BCUT2D eigenvalue weighted by atomic mass is 10.1. The van der Waals surface area contributed by atoms with Crippen molar-refractivity contribution in [1.29, 1.82) is 0 Å². The van der Waals surface area contributed by atoms with Crippen LogP contribution in [0.2, 0.25) is 0 Å². The molecule has 1 unspecified atom stereocenters. The average molecular weight is 387 g/mol. The van der Waals surface area contributed by atoms with Crippen molar-refractivity contribution in [3.8, 4) is 0 Å². The summed E-state index contributed by atoms with van der Waals surface area (Å²) >= 11 is 0. The average Bonchev–Trinajstić information content (AvgIpc) is 3.00. The van der Waals surface area contributed by atoms with E-state index in [4.69, 9.17) is 0 Å². The summed E-state index contributed by atoms with van der Waals surface area (Å²) in [5, 5.41) is 2.79. The molecule has 1 aliphatic rings. The number of nitrogens with zero attached hydrogens (tertiary/aromatic N) is 2. The highest BCUT2D eigenvalue weighted by atomic mass is 32.2. The van der Waals surface area contributed by atoms with E-state index in [-0.39, 0.29) is 29.1 Å². The van der Waals surface area contributed by atoms with Crippen LogP contribution in [0.15, 0.2) is 42.6 Å². The number of carbonyl (C=O) groups excluding carboxylic acids is 2. The van der Waals surface area contributed by atoms with Gasteiger partial charge in [-0.2, -0.15) is 0 Å². The molecule has 1 aromatic heterocycles. The summed E-state index contributed by atoms with van der Waals surface area (Å²) in [5.74, 6) is -0.699. The smallest absolute Gasteiger partial charge is 0.272 e. The molecule has 1 saturated heterocycles. The minimum Gasteiger partial charge on any atom is -0.336 e. The van der Waals surface area contributed by atoms with Crippen LogP contribution in [-0.4, -0.2) is 54.7 Å². The first-order chi connectivity index (χ1) is 12.7. The molecule has 1 atom stereocenters. The minimum atomic E-state index is -3.09. The van der Waals surface area contributed by atoms with Crippen LogP contribution in [0.25, 0.3) is 0 Å². The quantitative estimate of drug-likeness (QED) is 0.864. The van der Waals surface area contributed by atoms with Crippen molar-refractivity contribution in [2.75, 3.05) is 23.9 Å². The van der Waals surface area contributed by atoms with E-state index in [2.05, 4.69) is 10.3 Å². The molecule has 8 heteroatoms. The molecule has 1 N–H and O–H groups in total. The van der Waals surface area contributed by atoms with Crippen molar-refractivity contribution in [1.82, 2.24) is 9.88 Å². The Labute approximate surface area is 158 Å². The van der Waals surface area contributed by atoms with E-state index in [0.29, 0.717) is 17.7 Å². The fraction of sp³-hybridized carbons (Fsp3) is 0.316. The van der Waals surface area contributed by atoms with Gasteiger partial charge in [0.15, 0.2) is 9.84 Å². The van der Waals surface area contributed by atoms with Gasteiger partial charge in [0.25, 0.3) is 11.8 Å². The third kappa shape index (κ3) is 4.51. The molecule has 1 aromatic carbocycles. The zero-order valence-electron chi connectivity index (χ0n) is 15.2. The van der Waals surface area contributed by atoms with Crippen molar-refractivity contribution in [2.45, 2.75) is 19.4 Å². The van der Waals surface area contributed by atoms with Gasteiger partial charge in [0.1, 0.15) is 5.69 Å². The van der Waals surface area contributed by atoms with E-state index in [1.165, 1.54) is 23.2 Å². The van der Waals surface area contributed by atoms with Gasteiger partial charge in [-0.05, 0) is 43.2 Å². The molecular weight excluding hydrogens is 366 g/mol. The summed E-state index contributed by atoms with van der Waals surface area (Å²) in [7, 11) is -1.53. The van der Waals surface area contributed by atoms with Crippen molar-refractivity contribution >= 4 is 27.3 Å². The summed E-state index contributed by atoms with van der Waals surface area (Å²) in [6.45, 7) is 1.93. The van der Waals surface area contributed by atoms with Crippen molar-refractivity contribution in [3.05, 3.63) is 59.4 Å². The largest absolute Gasteiger partial charge is 0.336 e. The molecule has 2 amide bonds. The summed E-state index contributed by atoms with van der Waals surface area (Å²) in [5.41, 5.74) is 2.10. The van der Waals surface area contributed by atoms with Crippen LogP contribution in [-0.2, 0) is 9.84 Å². The first-order valence-corrected chi connectivity index (χ1v) is 10.4. The molecular formula is C19H21N3O4S. The van der Waals surface area contributed by atoms with Crippen LogP contribution in [0.5, 0.6) is 0 Å². The fourth-order valence-electron chi connectivity index (χ4n) is 3.04. The number of pyridine rings is 1. The number of aromatic nitrogens is 1. The minimum absolute atomic E-state index is 0.0389. The number of anilines is 1. The lowest BCUT2D eigenvalue weighted by molar-refractivity contribution is 0.0742. The van der Waals surface area contributed by atoms with Gasteiger partial charge in [-0.15, -0.1) is 0 Å². The maximum absolute atomic E-state index is 12.7. The van der Waals surface area contributed by atoms with Gasteiger partial charge < -0.3 is 10.2 Å². The second-order valence-corrected chi connectivity index (χ2v) is 8.95. The van der Waals surface area contributed by atoms with Crippen LogP contribution in [0, 0.1) is 6.92 Å². The molecule has 142 valence electrons. The maximum Gasteiger partial charge on any atom is 0.272 e. The zero-order chi connectivity index (χ0) is 19.6. The number of aryl methyl sites for hydroxylation is 1. The van der Waals surface area contributed by atoms with Crippen LogP contribution >= 0.6 is 0 Å². The van der Waals surface area contributed by atoms with E-state index >= 15 is 0 Å². The second-order valence-electron chi connectivity index (χ2n) is 6.73. The molecule has 2 heterocycles. The summed E-state index contributed by atoms with van der Waals surface area (Å²) in [4.78, 5) is 30.6. The van der Waals surface area contributed by atoms with Crippen molar-refractivity contribution in [3.63, 3.8) is 0 Å². The number of benzene rings is 1. The second kappa shape index (κ2) is 7.48. The summed E-state index contributed by atoms with van der Waals surface area (Å²) in [6.07, 6.45) is 1.82. The molecule has 0 saturated carbocycles. The van der Waals surface area contributed by atoms with Crippen molar-refractivity contribution < 1.29 is 18.0 Å². The SMILES string of the molecule is Cc1cccc(NC(=O)c2ccnc(C(=O)N(C)C3CCS(=O)(=O)C3)c2)c1. The Morgan fingerprint density at radius 2 is 2.00 bits per heavy atom.